The molecule has 6 nitrogen and oxygen atoms in total. The minimum Gasteiger partial charge on any atom is -0.504 e. The zero-order chi connectivity index (χ0) is 13.9. The fourth-order valence-corrected chi connectivity index (χ4v) is 1.48. The van der Waals surface area contributed by atoms with Crippen molar-refractivity contribution in [3.8, 4) is 11.5 Å². The molecular weight excluding hydrogens is 236 g/mol. The fourth-order valence-electron chi connectivity index (χ4n) is 1.48. The Hall–Kier alpha value is -2.24. The highest BCUT2D eigenvalue weighted by Crippen LogP contribution is 2.25. The minimum atomic E-state index is -0.611. The highest BCUT2D eigenvalue weighted by molar-refractivity contribution is 5.97. The number of hydrogen-bond acceptors (Lipinski definition) is 4. The maximum Gasteiger partial charge on any atom is 0.254 e. The zero-order valence-corrected chi connectivity index (χ0v) is 10.3. The molecule has 0 aliphatic carbocycles. The molecule has 98 valence electrons. The van der Waals surface area contributed by atoms with Crippen LogP contribution >= 0.6 is 0 Å². The summed E-state index contributed by atoms with van der Waals surface area (Å²) in [6.07, 6.45) is 0. The first kappa shape index (κ1) is 13.8. The van der Waals surface area contributed by atoms with Gasteiger partial charge in [0.25, 0.3) is 5.91 Å². The van der Waals surface area contributed by atoms with Crippen LogP contribution in [0.15, 0.2) is 18.2 Å². The maximum absolute atomic E-state index is 12.1. The molecular formula is C12H16N2O4. The average molecular weight is 252 g/mol. The van der Waals surface area contributed by atoms with E-state index < -0.39 is 11.8 Å². The molecule has 1 aromatic carbocycles. The van der Waals surface area contributed by atoms with Crippen LogP contribution in [0.4, 0.5) is 0 Å². The van der Waals surface area contributed by atoms with Gasteiger partial charge in [-0.3, -0.25) is 9.59 Å². The molecule has 2 amide bonds. The second-order valence-corrected chi connectivity index (χ2v) is 4.20. The quantitative estimate of drug-likeness (QED) is 0.676. The Morgan fingerprint density at radius 2 is 1.89 bits per heavy atom. The molecule has 0 aliphatic rings. The molecule has 0 saturated carbocycles. The molecule has 0 fully saturated rings. The van der Waals surface area contributed by atoms with Gasteiger partial charge in [-0.05, 0) is 32.0 Å². The highest BCUT2D eigenvalue weighted by atomic mass is 16.3. The van der Waals surface area contributed by atoms with E-state index in [2.05, 4.69) is 0 Å². The second-order valence-electron chi connectivity index (χ2n) is 4.20. The molecule has 1 rings (SSSR count). The van der Waals surface area contributed by atoms with E-state index in [1.807, 2.05) is 0 Å². The van der Waals surface area contributed by atoms with Gasteiger partial charge in [0.1, 0.15) is 0 Å². The molecule has 0 radical (unpaired) electrons. The molecule has 0 unspecified atom stereocenters. The lowest BCUT2D eigenvalue weighted by atomic mass is 10.1. The van der Waals surface area contributed by atoms with Crippen molar-refractivity contribution in [3.63, 3.8) is 0 Å². The van der Waals surface area contributed by atoms with Gasteiger partial charge in [-0.2, -0.15) is 0 Å². The standard InChI is InChI=1S/C12H16N2O4/c1-7(2)14(6-11(13)17)12(18)8-3-4-9(15)10(16)5-8/h3-5,7,15-16H,6H2,1-2H3,(H2,13,17). The number of benzene rings is 1. The number of primary amides is 1. The van der Waals surface area contributed by atoms with Crippen molar-refractivity contribution in [2.24, 2.45) is 5.73 Å². The van der Waals surface area contributed by atoms with Crippen molar-refractivity contribution in [2.45, 2.75) is 19.9 Å². The van der Waals surface area contributed by atoms with Gasteiger partial charge >= 0.3 is 0 Å². The van der Waals surface area contributed by atoms with Gasteiger partial charge in [0.05, 0.1) is 6.54 Å². The summed E-state index contributed by atoms with van der Waals surface area (Å²) in [6, 6.07) is 3.52. The van der Waals surface area contributed by atoms with Crippen molar-refractivity contribution in [3.05, 3.63) is 23.8 Å². The smallest absolute Gasteiger partial charge is 0.254 e. The lowest BCUT2D eigenvalue weighted by molar-refractivity contribution is -0.119. The van der Waals surface area contributed by atoms with E-state index >= 15 is 0 Å². The monoisotopic (exact) mass is 252 g/mol. The minimum absolute atomic E-state index is 0.181. The topological polar surface area (TPSA) is 104 Å². The van der Waals surface area contributed by atoms with E-state index in [0.717, 1.165) is 6.07 Å². The van der Waals surface area contributed by atoms with Crippen LogP contribution < -0.4 is 5.73 Å². The number of phenols is 2. The Bertz CT molecular complexity index is 471. The Labute approximate surface area is 105 Å². The van der Waals surface area contributed by atoms with E-state index in [1.165, 1.54) is 17.0 Å². The summed E-state index contributed by atoms with van der Waals surface area (Å²) < 4.78 is 0. The van der Waals surface area contributed by atoms with Gasteiger partial charge in [-0.25, -0.2) is 0 Å². The van der Waals surface area contributed by atoms with Crippen molar-refractivity contribution < 1.29 is 19.8 Å². The van der Waals surface area contributed by atoms with E-state index in [1.54, 1.807) is 13.8 Å². The summed E-state index contributed by atoms with van der Waals surface area (Å²) in [5.41, 5.74) is 5.26. The Morgan fingerprint density at radius 1 is 1.28 bits per heavy atom. The van der Waals surface area contributed by atoms with Crippen LogP contribution in [0, 0.1) is 0 Å². The molecule has 0 aliphatic heterocycles. The first-order valence-corrected chi connectivity index (χ1v) is 5.44. The summed E-state index contributed by atoms with van der Waals surface area (Å²) in [4.78, 5) is 24.3. The van der Waals surface area contributed by atoms with Gasteiger partial charge in [0, 0.05) is 11.6 Å². The van der Waals surface area contributed by atoms with Crippen LogP contribution in [0.5, 0.6) is 11.5 Å². The molecule has 0 bridgehead atoms. The Kier molecular flexibility index (Phi) is 4.14. The predicted molar refractivity (Wildman–Crippen MR) is 65.1 cm³/mol. The Balaban J connectivity index is 3.02. The van der Waals surface area contributed by atoms with E-state index in [0.29, 0.717) is 0 Å². The number of hydrogen-bond donors (Lipinski definition) is 3. The van der Waals surface area contributed by atoms with Gasteiger partial charge in [0.2, 0.25) is 5.91 Å². The average Bonchev–Trinajstić information content (AvgIpc) is 2.28. The van der Waals surface area contributed by atoms with Gasteiger partial charge in [-0.1, -0.05) is 0 Å². The Morgan fingerprint density at radius 3 is 2.33 bits per heavy atom. The van der Waals surface area contributed by atoms with E-state index in [-0.39, 0.29) is 29.6 Å². The third-order valence-electron chi connectivity index (χ3n) is 2.43. The SMILES string of the molecule is CC(C)N(CC(N)=O)C(=O)c1ccc(O)c(O)c1. The van der Waals surface area contributed by atoms with Gasteiger partial charge in [-0.15, -0.1) is 0 Å². The molecule has 6 heteroatoms. The lowest BCUT2D eigenvalue weighted by Gasteiger charge is -2.25. The summed E-state index contributed by atoms with van der Waals surface area (Å²) in [6.45, 7) is 3.31. The third kappa shape index (κ3) is 3.13. The van der Waals surface area contributed by atoms with Crippen LogP contribution in [0.25, 0.3) is 0 Å². The predicted octanol–water partition coefficient (Wildman–Crippen LogP) is 0.434. The van der Waals surface area contributed by atoms with Crippen LogP contribution in [0.3, 0.4) is 0 Å². The second kappa shape index (κ2) is 5.39. The molecule has 0 aromatic heterocycles. The number of carbonyl (C=O) groups is 2. The largest absolute Gasteiger partial charge is 0.504 e. The first-order valence-electron chi connectivity index (χ1n) is 5.44. The first-order chi connectivity index (χ1) is 8.32. The molecule has 0 saturated heterocycles. The third-order valence-corrected chi connectivity index (χ3v) is 2.43. The number of aromatic hydroxyl groups is 2. The van der Waals surface area contributed by atoms with E-state index in [4.69, 9.17) is 10.8 Å². The summed E-state index contributed by atoms with van der Waals surface area (Å²) >= 11 is 0. The van der Waals surface area contributed by atoms with Crippen LogP contribution in [-0.4, -0.2) is 39.5 Å². The maximum atomic E-state index is 12.1. The number of phenolic OH excluding ortho intramolecular Hbond substituents is 2. The van der Waals surface area contributed by atoms with Crippen molar-refractivity contribution >= 4 is 11.8 Å². The normalized spacial score (nSPS) is 10.4. The number of amides is 2. The molecule has 0 spiro atoms. The molecule has 4 N–H and O–H groups in total. The van der Waals surface area contributed by atoms with Crippen LogP contribution in [-0.2, 0) is 4.79 Å². The van der Waals surface area contributed by atoms with Gasteiger partial charge in [0.15, 0.2) is 11.5 Å². The fraction of sp³-hybridized carbons (Fsp3) is 0.333. The number of rotatable bonds is 4. The summed E-state index contributed by atoms with van der Waals surface area (Å²) in [7, 11) is 0. The molecule has 0 heterocycles. The highest BCUT2D eigenvalue weighted by Gasteiger charge is 2.21. The molecule has 0 atom stereocenters. The van der Waals surface area contributed by atoms with Gasteiger partial charge < -0.3 is 20.8 Å². The number of nitrogens with two attached hydrogens (primary N) is 1. The van der Waals surface area contributed by atoms with E-state index in [9.17, 15) is 14.7 Å². The lowest BCUT2D eigenvalue weighted by Crippen LogP contribution is -2.42. The molecule has 18 heavy (non-hydrogen) atoms. The zero-order valence-electron chi connectivity index (χ0n) is 10.3. The summed E-state index contributed by atoms with van der Waals surface area (Å²) in [5.74, 6) is -1.74. The number of nitrogens with zero attached hydrogens (tertiary/aromatic N) is 1. The summed E-state index contributed by atoms with van der Waals surface area (Å²) in [5, 5.41) is 18.5. The molecule has 1 aromatic rings. The number of carbonyl (C=O) groups excluding carboxylic acids is 2. The van der Waals surface area contributed by atoms with Crippen LogP contribution in [0.1, 0.15) is 24.2 Å². The van der Waals surface area contributed by atoms with Crippen molar-refractivity contribution in [1.82, 2.24) is 4.90 Å². The van der Waals surface area contributed by atoms with Crippen molar-refractivity contribution in [1.29, 1.82) is 0 Å². The van der Waals surface area contributed by atoms with Crippen LogP contribution in [0.2, 0.25) is 0 Å². The van der Waals surface area contributed by atoms with Crippen molar-refractivity contribution in [2.75, 3.05) is 6.54 Å².